The third kappa shape index (κ3) is 4.51. The average Bonchev–Trinajstić information content (AvgIpc) is 2.45. The number of fused-ring (bicyclic) bond motifs is 3. The van der Waals surface area contributed by atoms with E-state index in [1.54, 1.807) is 0 Å². The van der Waals surface area contributed by atoms with E-state index in [-0.39, 0.29) is 5.54 Å². The Labute approximate surface area is 149 Å². The summed E-state index contributed by atoms with van der Waals surface area (Å²) in [6.07, 6.45) is 5.46. The van der Waals surface area contributed by atoms with E-state index in [4.69, 9.17) is 0 Å². The Morgan fingerprint density at radius 2 is 1.58 bits per heavy atom. The molecule has 4 fully saturated rings. The second-order valence-corrected chi connectivity index (χ2v) is 10.4. The fourth-order valence-electron chi connectivity index (χ4n) is 5.08. The molecule has 4 saturated heterocycles. The normalized spacial score (nSPS) is 34.0. The molecule has 0 aromatic rings. The molecule has 4 heterocycles. The van der Waals surface area contributed by atoms with Crippen LogP contribution in [0.1, 0.15) is 67.2 Å². The van der Waals surface area contributed by atoms with Crippen LogP contribution in [0.25, 0.3) is 0 Å². The van der Waals surface area contributed by atoms with Gasteiger partial charge in [0.25, 0.3) is 0 Å². The molecule has 0 radical (unpaired) electrons. The van der Waals surface area contributed by atoms with Gasteiger partial charge in [0, 0.05) is 48.8 Å². The Morgan fingerprint density at radius 3 is 2.17 bits per heavy atom. The molecule has 0 aliphatic carbocycles. The minimum atomic E-state index is 0.227. The van der Waals surface area contributed by atoms with E-state index in [0.717, 1.165) is 12.1 Å². The van der Waals surface area contributed by atoms with Gasteiger partial charge in [-0.15, -0.1) is 0 Å². The molecule has 0 aromatic carbocycles. The molecule has 4 rings (SSSR count). The van der Waals surface area contributed by atoms with Crippen LogP contribution in [0, 0.1) is 0 Å². The summed E-state index contributed by atoms with van der Waals surface area (Å²) in [6, 6.07) is 2.19. The first-order valence-corrected chi connectivity index (χ1v) is 10.1. The van der Waals surface area contributed by atoms with Gasteiger partial charge in [-0.3, -0.25) is 14.7 Å². The molecule has 0 aromatic heterocycles. The largest absolute Gasteiger partial charge is 0.308 e. The van der Waals surface area contributed by atoms with Gasteiger partial charge in [0.05, 0.1) is 6.67 Å². The number of piperidine rings is 3. The van der Waals surface area contributed by atoms with Crippen molar-refractivity contribution in [3.63, 3.8) is 0 Å². The molecule has 0 amide bonds. The molecule has 2 bridgehead atoms. The van der Waals surface area contributed by atoms with Crippen molar-refractivity contribution in [1.29, 1.82) is 0 Å². The molecule has 4 aliphatic rings. The highest BCUT2D eigenvalue weighted by atomic mass is 15.4. The molecule has 0 spiro atoms. The molecule has 2 unspecified atom stereocenters. The fraction of sp³-hybridized carbons (Fsp3) is 1.00. The van der Waals surface area contributed by atoms with E-state index in [0.29, 0.717) is 11.6 Å². The predicted octanol–water partition coefficient (Wildman–Crippen LogP) is 2.74. The maximum atomic E-state index is 3.82. The summed E-state index contributed by atoms with van der Waals surface area (Å²) in [4.78, 5) is 8.25. The van der Waals surface area contributed by atoms with Crippen molar-refractivity contribution in [2.24, 2.45) is 0 Å². The minimum Gasteiger partial charge on any atom is -0.308 e. The first-order chi connectivity index (χ1) is 11.1. The lowest BCUT2D eigenvalue weighted by molar-refractivity contribution is -0.0827. The van der Waals surface area contributed by atoms with Crippen molar-refractivity contribution in [3.05, 3.63) is 0 Å². The van der Waals surface area contributed by atoms with Crippen molar-refractivity contribution in [2.75, 3.05) is 32.8 Å². The highest BCUT2D eigenvalue weighted by molar-refractivity contribution is 4.99. The van der Waals surface area contributed by atoms with Crippen LogP contribution in [0.3, 0.4) is 0 Å². The molecular weight excluding hydrogens is 296 g/mol. The lowest BCUT2D eigenvalue weighted by Crippen LogP contribution is -2.68. The first kappa shape index (κ1) is 18.6. The Morgan fingerprint density at radius 1 is 0.875 bits per heavy atom. The van der Waals surface area contributed by atoms with E-state index in [1.165, 1.54) is 58.5 Å². The number of nitrogens with one attached hydrogen (secondary N) is 1. The topological polar surface area (TPSA) is 21.8 Å². The second kappa shape index (κ2) is 6.86. The predicted molar refractivity (Wildman–Crippen MR) is 102 cm³/mol. The number of hydrogen-bond acceptors (Lipinski definition) is 4. The number of nitrogens with zero attached hydrogens (tertiary/aromatic N) is 3. The SMILES string of the molecule is CC(C)(C)N[C@@H]1CCCN(CN2CC3CCC2CN3C(C)(C)C)C1. The van der Waals surface area contributed by atoms with Gasteiger partial charge >= 0.3 is 0 Å². The molecule has 140 valence electrons. The van der Waals surface area contributed by atoms with E-state index in [2.05, 4.69) is 61.6 Å². The van der Waals surface area contributed by atoms with Gasteiger partial charge in [0.15, 0.2) is 0 Å². The van der Waals surface area contributed by atoms with Crippen LogP contribution in [0.15, 0.2) is 0 Å². The summed E-state index contributed by atoms with van der Waals surface area (Å²) in [5.41, 5.74) is 0.549. The van der Waals surface area contributed by atoms with Gasteiger partial charge in [-0.2, -0.15) is 0 Å². The Balaban J connectivity index is 1.54. The Hall–Kier alpha value is -0.160. The third-order valence-electron chi connectivity index (χ3n) is 6.03. The van der Waals surface area contributed by atoms with Crippen LogP contribution in [0.2, 0.25) is 0 Å². The fourth-order valence-corrected chi connectivity index (χ4v) is 5.08. The number of piperazine rings is 1. The van der Waals surface area contributed by atoms with Gasteiger partial charge < -0.3 is 5.32 Å². The van der Waals surface area contributed by atoms with Crippen LogP contribution in [-0.2, 0) is 0 Å². The van der Waals surface area contributed by atoms with Gasteiger partial charge in [-0.1, -0.05) is 0 Å². The van der Waals surface area contributed by atoms with E-state index in [9.17, 15) is 0 Å². The van der Waals surface area contributed by atoms with Gasteiger partial charge in [-0.25, -0.2) is 0 Å². The highest BCUT2D eigenvalue weighted by Crippen LogP contribution is 2.33. The number of hydrogen-bond donors (Lipinski definition) is 1. The zero-order valence-corrected chi connectivity index (χ0v) is 16.9. The van der Waals surface area contributed by atoms with Crippen LogP contribution >= 0.6 is 0 Å². The van der Waals surface area contributed by atoms with E-state index < -0.39 is 0 Å². The summed E-state index contributed by atoms with van der Waals surface area (Å²) < 4.78 is 0. The molecule has 3 atom stereocenters. The van der Waals surface area contributed by atoms with Crippen molar-refractivity contribution < 1.29 is 0 Å². The van der Waals surface area contributed by atoms with Gasteiger partial charge in [0.2, 0.25) is 0 Å². The molecule has 1 N–H and O–H groups in total. The number of rotatable bonds is 3. The monoisotopic (exact) mass is 336 g/mol. The summed E-state index contributed by atoms with van der Waals surface area (Å²) >= 11 is 0. The lowest BCUT2D eigenvalue weighted by Gasteiger charge is -2.56. The summed E-state index contributed by atoms with van der Waals surface area (Å²) in [7, 11) is 0. The van der Waals surface area contributed by atoms with Crippen LogP contribution in [-0.4, -0.2) is 76.8 Å². The third-order valence-corrected chi connectivity index (χ3v) is 6.03. The van der Waals surface area contributed by atoms with Gasteiger partial charge in [-0.05, 0) is 73.8 Å². The Bertz CT molecular complexity index is 422. The number of likely N-dealkylation sites (tertiary alicyclic amines) is 1. The van der Waals surface area contributed by atoms with Crippen molar-refractivity contribution >= 4 is 0 Å². The molecule has 24 heavy (non-hydrogen) atoms. The van der Waals surface area contributed by atoms with Crippen molar-refractivity contribution in [2.45, 2.75) is 96.4 Å². The van der Waals surface area contributed by atoms with E-state index in [1.807, 2.05) is 0 Å². The van der Waals surface area contributed by atoms with Crippen molar-refractivity contribution in [3.8, 4) is 0 Å². The van der Waals surface area contributed by atoms with Crippen LogP contribution in [0.5, 0.6) is 0 Å². The maximum absolute atomic E-state index is 3.82. The molecule has 4 nitrogen and oxygen atoms in total. The van der Waals surface area contributed by atoms with Crippen LogP contribution in [0.4, 0.5) is 0 Å². The summed E-state index contributed by atoms with van der Waals surface area (Å²) in [5.74, 6) is 0. The quantitative estimate of drug-likeness (QED) is 0.855. The van der Waals surface area contributed by atoms with Gasteiger partial charge in [0.1, 0.15) is 0 Å². The minimum absolute atomic E-state index is 0.227. The smallest absolute Gasteiger partial charge is 0.0510 e. The average molecular weight is 337 g/mol. The zero-order valence-electron chi connectivity index (χ0n) is 16.9. The first-order valence-electron chi connectivity index (χ1n) is 10.1. The molecule has 0 saturated carbocycles. The lowest BCUT2D eigenvalue weighted by atomic mass is 9.87. The zero-order chi connectivity index (χ0) is 17.5. The summed E-state index contributed by atoms with van der Waals surface area (Å²) in [5, 5.41) is 3.82. The van der Waals surface area contributed by atoms with Crippen molar-refractivity contribution in [1.82, 2.24) is 20.0 Å². The standard InChI is InChI=1S/C20H40N4/c1-19(2,3)21-16-8-7-11-22(12-16)15-23-13-18-10-9-17(23)14-24(18)20(4,5)6/h16-18,21H,7-15H2,1-6H3/t16-,17?,18?/m1/s1. The molecule has 4 heteroatoms. The van der Waals surface area contributed by atoms with E-state index >= 15 is 0 Å². The molecular formula is C20H40N4. The molecule has 4 aliphatic heterocycles. The second-order valence-electron chi connectivity index (χ2n) is 10.4. The highest BCUT2D eigenvalue weighted by Gasteiger charge is 2.43. The summed E-state index contributed by atoms with van der Waals surface area (Å²) in [6.45, 7) is 20.2. The van der Waals surface area contributed by atoms with Crippen LogP contribution < -0.4 is 5.32 Å². The maximum Gasteiger partial charge on any atom is 0.0510 e. The Kier molecular flexibility index (Phi) is 5.33.